The fourth-order valence-electron chi connectivity index (χ4n) is 1.22. The lowest BCUT2D eigenvalue weighted by Crippen LogP contribution is -2.07. The average Bonchev–Trinajstić information content (AvgIpc) is 2.28. The lowest BCUT2D eigenvalue weighted by atomic mass is 10.2. The number of non-ortho nitro benzene ring substituents is 1. The highest BCUT2D eigenvalue weighted by atomic mass is 16.6. The van der Waals surface area contributed by atoms with Crippen molar-refractivity contribution in [1.29, 1.82) is 0 Å². The van der Waals surface area contributed by atoms with Crippen LogP contribution in [-0.4, -0.2) is 29.7 Å². The highest BCUT2D eigenvalue weighted by Gasteiger charge is 2.10. The summed E-state index contributed by atoms with van der Waals surface area (Å²) in [6, 6.07) is 4.18. The van der Waals surface area contributed by atoms with Gasteiger partial charge in [0.2, 0.25) is 0 Å². The smallest absolute Gasteiger partial charge is 0.305 e. The van der Waals surface area contributed by atoms with Gasteiger partial charge in [0, 0.05) is 24.4 Å². The number of nitrogens with zero attached hydrogens (tertiary/aromatic N) is 1. The first-order chi connectivity index (χ1) is 8.02. The quantitative estimate of drug-likeness (QED) is 0.577. The number of nitro groups is 1. The van der Waals surface area contributed by atoms with E-state index in [1.807, 2.05) is 0 Å². The number of carboxylic acids is 1. The zero-order chi connectivity index (χ0) is 12.8. The number of rotatable bonds is 6. The molecule has 17 heavy (non-hydrogen) atoms. The summed E-state index contributed by atoms with van der Waals surface area (Å²) in [5, 5.41) is 21.9. The summed E-state index contributed by atoms with van der Waals surface area (Å²) in [4.78, 5) is 20.4. The van der Waals surface area contributed by atoms with Gasteiger partial charge in [0.05, 0.1) is 24.5 Å². The third-order valence-electron chi connectivity index (χ3n) is 2.01. The van der Waals surface area contributed by atoms with Crippen LogP contribution in [0.15, 0.2) is 18.2 Å². The summed E-state index contributed by atoms with van der Waals surface area (Å²) in [6.07, 6.45) is -0.0645. The van der Waals surface area contributed by atoms with Crippen LogP contribution in [0.4, 0.5) is 11.4 Å². The molecule has 0 fully saturated rings. The standard InChI is InChI=1S/C10H12N2O5/c1-17-9-5-7(11-3-2-10(13)14)4-8(6-9)12(15)16/h4-6,11H,2-3H2,1H3,(H,13,14). The molecule has 0 heterocycles. The molecular weight excluding hydrogens is 228 g/mol. The van der Waals surface area contributed by atoms with Gasteiger partial charge in [0.1, 0.15) is 5.75 Å². The van der Waals surface area contributed by atoms with Gasteiger partial charge in [-0.05, 0) is 0 Å². The molecule has 0 aliphatic heterocycles. The van der Waals surface area contributed by atoms with Gasteiger partial charge in [0.25, 0.3) is 5.69 Å². The monoisotopic (exact) mass is 240 g/mol. The number of hydrogen-bond acceptors (Lipinski definition) is 5. The summed E-state index contributed by atoms with van der Waals surface area (Å²) >= 11 is 0. The number of aliphatic carboxylic acids is 1. The normalized spacial score (nSPS) is 9.71. The molecule has 0 aliphatic rings. The highest BCUT2D eigenvalue weighted by Crippen LogP contribution is 2.25. The predicted octanol–water partition coefficient (Wildman–Crippen LogP) is 1.49. The Morgan fingerprint density at radius 2 is 2.24 bits per heavy atom. The predicted molar refractivity (Wildman–Crippen MR) is 60.4 cm³/mol. The first-order valence-electron chi connectivity index (χ1n) is 4.82. The second-order valence-electron chi connectivity index (χ2n) is 3.25. The van der Waals surface area contributed by atoms with E-state index < -0.39 is 10.9 Å². The summed E-state index contributed by atoms with van der Waals surface area (Å²) in [5.41, 5.74) is 0.347. The second kappa shape index (κ2) is 5.69. The van der Waals surface area contributed by atoms with Crippen LogP contribution in [0.25, 0.3) is 0 Å². The summed E-state index contributed by atoms with van der Waals surface area (Å²) < 4.78 is 4.91. The van der Waals surface area contributed by atoms with Gasteiger partial charge in [-0.3, -0.25) is 14.9 Å². The Labute approximate surface area is 97.2 Å². The maximum absolute atomic E-state index is 10.6. The van der Waals surface area contributed by atoms with Crippen LogP contribution >= 0.6 is 0 Å². The van der Waals surface area contributed by atoms with Crippen molar-refractivity contribution in [3.63, 3.8) is 0 Å². The van der Waals surface area contributed by atoms with Crippen molar-refractivity contribution in [2.75, 3.05) is 19.0 Å². The SMILES string of the molecule is COc1cc(NCCC(=O)O)cc([N+](=O)[O-])c1. The number of methoxy groups -OCH3 is 1. The Balaban J connectivity index is 2.80. The third-order valence-corrected chi connectivity index (χ3v) is 2.01. The molecule has 0 unspecified atom stereocenters. The first kappa shape index (κ1) is 12.8. The fraction of sp³-hybridized carbons (Fsp3) is 0.300. The number of benzene rings is 1. The van der Waals surface area contributed by atoms with E-state index in [9.17, 15) is 14.9 Å². The zero-order valence-electron chi connectivity index (χ0n) is 9.17. The van der Waals surface area contributed by atoms with E-state index in [0.717, 1.165) is 0 Å². The van der Waals surface area contributed by atoms with Gasteiger partial charge >= 0.3 is 5.97 Å². The van der Waals surface area contributed by atoms with Crippen molar-refractivity contribution in [3.8, 4) is 5.75 Å². The molecular formula is C10H12N2O5. The van der Waals surface area contributed by atoms with Crippen LogP contribution in [0, 0.1) is 10.1 Å². The molecule has 92 valence electrons. The minimum absolute atomic E-state index is 0.0645. The van der Waals surface area contributed by atoms with Crippen LogP contribution in [-0.2, 0) is 4.79 Å². The van der Waals surface area contributed by atoms with Gasteiger partial charge in [-0.2, -0.15) is 0 Å². The second-order valence-corrected chi connectivity index (χ2v) is 3.25. The molecule has 2 N–H and O–H groups in total. The molecule has 7 heteroatoms. The van der Waals surface area contributed by atoms with Crippen LogP contribution in [0.2, 0.25) is 0 Å². The molecule has 0 spiro atoms. The number of hydrogen-bond donors (Lipinski definition) is 2. The number of ether oxygens (including phenoxy) is 1. The van der Waals surface area contributed by atoms with Crippen molar-refractivity contribution in [2.45, 2.75) is 6.42 Å². The highest BCUT2D eigenvalue weighted by molar-refractivity contribution is 5.67. The molecule has 7 nitrogen and oxygen atoms in total. The molecule has 0 aliphatic carbocycles. The van der Waals surface area contributed by atoms with Gasteiger partial charge in [0.15, 0.2) is 0 Å². The molecule has 0 saturated heterocycles. The van der Waals surface area contributed by atoms with E-state index in [1.54, 1.807) is 6.07 Å². The van der Waals surface area contributed by atoms with Crippen LogP contribution in [0.5, 0.6) is 5.75 Å². The molecule has 1 rings (SSSR count). The molecule has 0 aromatic heterocycles. The maximum Gasteiger partial charge on any atom is 0.305 e. The summed E-state index contributed by atoms with van der Waals surface area (Å²) in [6.45, 7) is 0.194. The van der Waals surface area contributed by atoms with Crippen molar-refractivity contribution >= 4 is 17.3 Å². The Hall–Kier alpha value is -2.31. The molecule has 0 amide bonds. The van der Waals surface area contributed by atoms with Gasteiger partial charge in [-0.1, -0.05) is 0 Å². The molecule has 1 aromatic rings. The number of carboxylic acid groups (broad SMARTS) is 1. The summed E-state index contributed by atoms with van der Waals surface area (Å²) in [5.74, 6) is -0.591. The Bertz CT molecular complexity index is 433. The topological polar surface area (TPSA) is 102 Å². The fourth-order valence-corrected chi connectivity index (χ4v) is 1.22. The summed E-state index contributed by atoms with van der Waals surface area (Å²) in [7, 11) is 1.40. The Morgan fingerprint density at radius 3 is 2.76 bits per heavy atom. The molecule has 0 bridgehead atoms. The minimum atomic E-state index is -0.935. The molecule has 0 radical (unpaired) electrons. The number of nitrogens with one attached hydrogen (secondary N) is 1. The molecule has 0 saturated carbocycles. The molecule has 1 aromatic carbocycles. The number of nitro benzene ring substituents is 1. The van der Waals surface area contributed by atoms with Crippen molar-refractivity contribution in [1.82, 2.24) is 0 Å². The average molecular weight is 240 g/mol. The minimum Gasteiger partial charge on any atom is -0.496 e. The number of anilines is 1. The lowest BCUT2D eigenvalue weighted by Gasteiger charge is -2.07. The van der Waals surface area contributed by atoms with Gasteiger partial charge in [-0.25, -0.2) is 0 Å². The Kier molecular flexibility index (Phi) is 4.27. The van der Waals surface area contributed by atoms with E-state index in [0.29, 0.717) is 11.4 Å². The van der Waals surface area contributed by atoms with Crippen molar-refractivity contribution in [2.24, 2.45) is 0 Å². The first-order valence-corrected chi connectivity index (χ1v) is 4.82. The molecule has 0 atom stereocenters. The van der Waals surface area contributed by atoms with E-state index in [4.69, 9.17) is 9.84 Å². The lowest BCUT2D eigenvalue weighted by molar-refractivity contribution is -0.384. The van der Waals surface area contributed by atoms with Crippen molar-refractivity contribution < 1.29 is 19.6 Å². The van der Waals surface area contributed by atoms with Crippen LogP contribution in [0.3, 0.4) is 0 Å². The van der Waals surface area contributed by atoms with Crippen molar-refractivity contribution in [3.05, 3.63) is 28.3 Å². The number of carbonyl (C=O) groups is 1. The van der Waals surface area contributed by atoms with Gasteiger partial charge in [-0.15, -0.1) is 0 Å². The van der Waals surface area contributed by atoms with E-state index in [-0.39, 0.29) is 18.7 Å². The van der Waals surface area contributed by atoms with E-state index in [2.05, 4.69) is 5.32 Å². The Morgan fingerprint density at radius 1 is 1.53 bits per heavy atom. The van der Waals surface area contributed by atoms with E-state index in [1.165, 1.54) is 19.2 Å². The van der Waals surface area contributed by atoms with E-state index >= 15 is 0 Å². The van der Waals surface area contributed by atoms with Crippen LogP contribution in [0.1, 0.15) is 6.42 Å². The maximum atomic E-state index is 10.6. The van der Waals surface area contributed by atoms with Gasteiger partial charge < -0.3 is 15.2 Å². The largest absolute Gasteiger partial charge is 0.496 e. The zero-order valence-corrected chi connectivity index (χ0v) is 9.17. The van der Waals surface area contributed by atoms with Crippen LogP contribution < -0.4 is 10.1 Å². The third kappa shape index (κ3) is 3.98.